The number of benzene rings is 2. The van der Waals surface area contributed by atoms with Crippen molar-refractivity contribution in [1.29, 1.82) is 0 Å². The van der Waals surface area contributed by atoms with Crippen molar-refractivity contribution in [3.63, 3.8) is 0 Å². The van der Waals surface area contributed by atoms with Crippen LogP contribution in [-0.4, -0.2) is 17.2 Å². The Balaban J connectivity index is 1.74. The van der Waals surface area contributed by atoms with E-state index in [1.54, 1.807) is 19.1 Å². The zero-order chi connectivity index (χ0) is 18.9. The first-order chi connectivity index (χ1) is 12.3. The highest BCUT2D eigenvalue weighted by Gasteiger charge is 2.29. The van der Waals surface area contributed by atoms with Crippen molar-refractivity contribution in [2.24, 2.45) is 5.10 Å². The summed E-state index contributed by atoms with van der Waals surface area (Å²) in [6, 6.07) is 9.02. The number of alkyl halides is 3. The lowest BCUT2D eigenvalue weighted by molar-refractivity contribution is -0.137. The number of aryl methyl sites for hydroxylation is 1. The molecule has 0 saturated carbocycles. The molecule has 0 atom stereocenters. The first kappa shape index (κ1) is 17.5. The molecule has 0 fully saturated rings. The maximum atomic E-state index is 12.5. The van der Waals surface area contributed by atoms with Gasteiger partial charge in [0.2, 0.25) is 0 Å². The van der Waals surface area contributed by atoms with Gasteiger partial charge in [0, 0.05) is 5.56 Å². The normalized spacial score (nSPS) is 12.0. The third-order valence-corrected chi connectivity index (χ3v) is 3.76. The standard InChI is InChI=1S/C18H13F3N2O3/c1-10-15-13(24)3-2-4-14(15)26-16(10)17(25)23-22-9-11-5-7-12(8-6-11)18(19,20)21/h2-9,24H,1H3,(H,23,25)/b22-9-. The van der Waals surface area contributed by atoms with Gasteiger partial charge in [-0.3, -0.25) is 4.79 Å². The van der Waals surface area contributed by atoms with Crippen molar-refractivity contribution in [3.05, 3.63) is 64.9 Å². The van der Waals surface area contributed by atoms with Crippen molar-refractivity contribution < 1.29 is 27.5 Å². The minimum absolute atomic E-state index is 0.00365. The van der Waals surface area contributed by atoms with Gasteiger partial charge in [-0.25, -0.2) is 5.43 Å². The Morgan fingerprint density at radius 1 is 1.19 bits per heavy atom. The summed E-state index contributed by atoms with van der Waals surface area (Å²) in [5.74, 6) is -0.650. The van der Waals surface area contributed by atoms with Gasteiger partial charge in [-0.05, 0) is 36.8 Å². The van der Waals surface area contributed by atoms with E-state index < -0.39 is 17.6 Å². The zero-order valence-electron chi connectivity index (χ0n) is 13.5. The molecule has 0 aliphatic rings. The van der Waals surface area contributed by atoms with Crippen molar-refractivity contribution >= 4 is 23.1 Å². The van der Waals surface area contributed by atoms with Crippen LogP contribution in [0.3, 0.4) is 0 Å². The number of phenolic OH excluding ortho intramolecular Hbond substituents is 1. The number of furan rings is 1. The number of nitrogens with zero attached hydrogens (tertiary/aromatic N) is 1. The molecule has 5 nitrogen and oxygen atoms in total. The van der Waals surface area contributed by atoms with E-state index in [2.05, 4.69) is 10.5 Å². The van der Waals surface area contributed by atoms with Crippen LogP contribution in [0.15, 0.2) is 52.0 Å². The van der Waals surface area contributed by atoms with Gasteiger partial charge in [-0.2, -0.15) is 18.3 Å². The van der Waals surface area contributed by atoms with E-state index in [-0.39, 0.29) is 11.5 Å². The lowest BCUT2D eigenvalue weighted by atomic mass is 10.1. The number of fused-ring (bicyclic) bond motifs is 1. The fourth-order valence-corrected chi connectivity index (χ4v) is 2.47. The summed E-state index contributed by atoms with van der Waals surface area (Å²) < 4.78 is 42.9. The molecule has 134 valence electrons. The molecule has 3 rings (SSSR count). The molecule has 0 unspecified atom stereocenters. The van der Waals surface area contributed by atoms with Crippen LogP contribution in [0.4, 0.5) is 13.2 Å². The second kappa shape index (κ2) is 6.55. The first-order valence-corrected chi connectivity index (χ1v) is 7.49. The van der Waals surface area contributed by atoms with Crippen molar-refractivity contribution in [2.45, 2.75) is 13.1 Å². The second-order valence-electron chi connectivity index (χ2n) is 5.53. The van der Waals surface area contributed by atoms with Crippen LogP contribution in [-0.2, 0) is 6.18 Å². The molecule has 1 heterocycles. The lowest BCUT2D eigenvalue weighted by Gasteiger charge is -2.05. The van der Waals surface area contributed by atoms with E-state index in [1.165, 1.54) is 24.4 Å². The van der Waals surface area contributed by atoms with E-state index in [1.807, 2.05) is 0 Å². The summed E-state index contributed by atoms with van der Waals surface area (Å²) in [4.78, 5) is 12.2. The van der Waals surface area contributed by atoms with Crippen LogP contribution < -0.4 is 5.43 Å². The molecule has 0 spiro atoms. The summed E-state index contributed by atoms with van der Waals surface area (Å²) in [5.41, 5.74) is 2.68. The summed E-state index contributed by atoms with van der Waals surface area (Å²) in [5, 5.41) is 14.0. The monoisotopic (exact) mass is 362 g/mol. The molecule has 0 saturated heterocycles. The number of carbonyl (C=O) groups is 1. The molecule has 0 aliphatic heterocycles. The third kappa shape index (κ3) is 3.39. The van der Waals surface area contributed by atoms with E-state index in [0.717, 1.165) is 12.1 Å². The van der Waals surface area contributed by atoms with Gasteiger partial charge in [-0.15, -0.1) is 0 Å². The van der Waals surface area contributed by atoms with Crippen molar-refractivity contribution in [1.82, 2.24) is 5.43 Å². The highest BCUT2D eigenvalue weighted by atomic mass is 19.4. The zero-order valence-corrected chi connectivity index (χ0v) is 13.5. The summed E-state index contributed by atoms with van der Waals surface area (Å²) in [6.45, 7) is 1.63. The topological polar surface area (TPSA) is 74.8 Å². The molecular formula is C18H13F3N2O3. The van der Waals surface area contributed by atoms with Gasteiger partial charge in [0.05, 0.1) is 17.2 Å². The molecular weight excluding hydrogens is 349 g/mol. The van der Waals surface area contributed by atoms with E-state index in [0.29, 0.717) is 22.1 Å². The molecule has 8 heteroatoms. The molecule has 3 aromatic rings. The predicted molar refractivity (Wildman–Crippen MR) is 89.1 cm³/mol. The van der Waals surface area contributed by atoms with Gasteiger partial charge in [0.1, 0.15) is 11.3 Å². The Bertz CT molecular complexity index is 989. The highest BCUT2D eigenvalue weighted by Crippen LogP contribution is 2.32. The molecule has 1 amide bonds. The fraction of sp³-hybridized carbons (Fsp3) is 0.111. The average Bonchev–Trinajstić information content (AvgIpc) is 2.93. The summed E-state index contributed by atoms with van der Waals surface area (Å²) >= 11 is 0. The number of amides is 1. The van der Waals surface area contributed by atoms with Crippen LogP contribution in [0.5, 0.6) is 5.75 Å². The number of hydrogen-bond acceptors (Lipinski definition) is 4. The van der Waals surface area contributed by atoms with E-state index >= 15 is 0 Å². The molecule has 26 heavy (non-hydrogen) atoms. The fourth-order valence-electron chi connectivity index (χ4n) is 2.47. The van der Waals surface area contributed by atoms with Crippen LogP contribution in [0, 0.1) is 6.92 Å². The van der Waals surface area contributed by atoms with Crippen LogP contribution in [0.1, 0.15) is 27.2 Å². The number of phenols is 1. The molecule has 0 aliphatic carbocycles. The van der Waals surface area contributed by atoms with E-state index in [9.17, 15) is 23.1 Å². The molecule has 0 radical (unpaired) electrons. The smallest absolute Gasteiger partial charge is 0.416 e. The Morgan fingerprint density at radius 3 is 2.50 bits per heavy atom. The molecule has 2 aromatic carbocycles. The minimum atomic E-state index is -4.41. The van der Waals surface area contributed by atoms with Crippen LogP contribution >= 0.6 is 0 Å². The number of halogens is 3. The van der Waals surface area contributed by atoms with Crippen molar-refractivity contribution in [3.8, 4) is 5.75 Å². The van der Waals surface area contributed by atoms with Gasteiger partial charge in [-0.1, -0.05) is 18.2 Å². The average molecular weight is 362 g/mol. The third-order valence-electron chi connectivity index (χ3n) is 3.76. The molecule has 1 aromatic heterocycles. The number of nitrogens with one attached hydrogen (secondary N) is 1. The number of hydrogen-bond donors (Lipinski definition) is 2. The maximum absolute atomic E-state index is 12.5. The largest absolute Gasteiger partial charge is 0.507 e. The van der Waals surface area contributed by atoms with Crippen LogP contribution in [0.2, 0.25) is 0 Å². The first-order valence-electron chi connectivity index (χ1n) is 7.49. The number of rotatable bonds is 3. The SMILES string of the molecule is Cc1c(C(=O)N/N=C\c2ccc(C(F)(F)F)cc2)oc2cccc(O)c12. The quantitative estimate of drug-likeness (QED) is 0.541. The summed E-state index contributed by atoms with van der Waals surface area (Å²) in [6.07, 6.45) is -3.19. The van der Waals surface area contributed by atoms with Gasteiger partial charge >= 0.3 is 12.1 Å². The molecule has 0 bridgehead atoms. The van der Waals surface area contributed by atoms with Gasteiger partial charge in [0.15, 0.2) is 5.76 Å². The van der Waals surface area contributed by atoms with Gasteiger partial charge in [0.25, 0.3) is 0 Å². The lowest BCUT2D eigenvalue weighted by Crippen LogP contribution is -2.17. The highest BCUT2D eigenvalue weighted by molar-refractivity contribution is 6.00. The second-order valence-corrected chi connectivity index (χ2v) is 5.53. The Labute approximate surface area is 145 Å². The predicted octanol–water partition coefficient (Wildman–Crippen LogP) is 4.23. The Hall–Kier alpha value is -3.29. The molecule has 2 N–H and O–H groups in total. The van der Waals surface area contributed by atoms with Crippen LogP contribution in [0.25, 0.3) is 11.0 Å². The minimum Gasteiger partial charge on any atom is -0.507 e. The number of hydrazone groups is 1. The van der Waals surface area contributed by atoms with Crippen molar-refractivity contribution in [2.75, 3.05) is 0 Å². The summed E-state index contributed by atoms with van der Waals surface area (Å²) in [7, 11) is 0. The number of carbonyl (C=O) groups excluding carboxylic acids is 1. The Morgan fingerprint density at radius 2 is 1.88 bits per heavy atom. The van der Waals surface area contributed by atoms with Gasteiger partial charge < -0.3 is 9.52 Å². The Kier molecular flexibility index (Phi) is 4.41. The maximum Gasteiger partial charge on any atom is 0.416 e. The van der Waals surface area contributed by atoms with E-state index in [4.69, 9.17) is 4.42 Å². The number of aromatic hydroxyl groups is 1.